The third-order valence-corrected chi connectivity index (χ3v) is 17.5. The van der Waals surface area contributed by atoms with Crippen LogP contribution in [0.3, 0.4) is 0 Å². The first-order chi connectivity index (χ1) is 38.0. The predicted molar refractivity (Wildman–Crippen MR) is 342 cm³/mol. The van der Waals surface area contributed by atoms with Crippen LogP contribution in [0.15, 0.2) is 12.2 Å². The summed E-state index contributed by atoms with van der Waals surface area (Å²) in [5.74, 6) is -0.135. The summed E-state index contributed by atoms with van der Waals surface area (Å²) in [7, 11) is 1.64. The highest BCUT2D eigenvalue weighted by Crippen LogP contribution is 2.43. The zero-order chi connectivity index (χ0) is 57.0. The highest BCUT2D eigenvalue weighted by Gasteiger charge is 2.28. The van der Waals surface area contributed by atoms with Crippen LogP contribution >= 0.6 is 7.82 Å². The van der Waals surface area contributed by atoms with Gasteiger partial charge in [-0.1, -0.05) is 341 Å². The number of rotatable bonds is 66. The Morgan fingerprint density at radius 3 is 0.987 bits per heavy atom. The number of quaternary nitrogens is 1. The summed E-state index contributed by atoms with van der Waals surface area (Å²) in [6, 6.07) is -0.756. The van der Waals surface area contributed by atoms with Crippen molar-refractivity contribution >= 4 is 13.7 Å². The largest absolute Gasteiger partial charge is 0.472 e. The van der Waals surface area contributed by atoms with E-state index in [4.69, 9.17) is 9.05 Å². The van der Waals surface area contributed by atoms with Crippen molar-refractivity contribution in [2.45, 2.75) is 386 Å². The first kappa shape index (κ1) is 77.2. The summed E-state index contributed by atoms with van der Waals surface area (Å²) in [4.78, 5) is 23.4. The molecule has 8 nitrogen and oxygen atoms in total. The first-order valence-corrected chi connectivity index (χ1v) is 36.5. The van der Waals surface area contributed by atoms with E-state index in [1.807, 2.05) is 21.1 Å². The molecule has 78 heavy (non-hydrogen) atoms. The van der Waals surface area contributed by atoms with Gasteiger partial charge in [0.25, 0.3) is 0 Å². The molecule has 0 radical (unpaired) electrons. The van der Waals surface area contributed by atoms with Crippen LogP contribution in [-0.2, 0) is 18.4 Å². The topological polar surface area (TPSA) is 105 Å². The number of nitrogens with one attached hydrogen (secondary N) is 1. The van der Waals surface area contributed by atoms with Crippen LogP contribution in [0.4, 0.5) is 0 Å². The lowest BCUT2D eigenvalue weighted by molar-refractivity contribution is -0.870. The van der Waals surface area contributed by atoms with Gasteiger partial charge in [-0.05, 0) is 38.5 Å². The summed E-state index contributed by atoms with van der Waals surface area (Å²) in [5, 5.41) is 14.1. The average molecular weight is 1120 g/mol. The second-order valence-electron chi connectivity index (χ2n) is 25.6. The molecule has 3 atom stereocenters. The number of carbonyl (C=O) groups excluding carboxylic acids is 1. The molecule has 0 saturated heterocycles. The monoisotopic (exact) mass is 1120 g/mol. The number of nitrogens with zero attached hydrogens (tertiary/aromatic N) is 1. The van der Waals surface area contributed by atoms with Crippen LogP contribution in [0.25, 0.3) is 0 Å². The standard InChI is InChI=1S/C69H139N2O6P/c1-6-8-10-12-14-16-18-20-22-23-24-25-26-27-28-29-30-31-32-33-34-35-36-37-38-39-40-41-42-43-44-45-46-47-49-51-53-55-57-59-61-63-69(73)70-67(66-77-78(74,75)76-65-64-71(3,4)5)68(72)62-60-58-56-54-52-50-48-21-19-17-15-13-11-9-7-2/h23-24,67-68,72H,6-22,25-66H2,1-5H3,(H-,70,73,74,75)/p+1/b24-23-. The molecular weight excluding hydrogens is 984 g/mol. The maximum atomic E-state index is 13.0. The smallest absolute Gasteiger partial charge is 0.391 e. The fraction of sp³-hybridized carbons (Fsp3) is 0.957. The van der Waals surface area contributed by atoms with E-state index in [2.05, 4.69) is 31.3 Å². The van der Waals surface area contributed by atoms with E-state index in [0.29, 0.717) is 23.9 Å². The Morgan fingerprint density at radius 1 is 0.423 bits per heavy atom. The normalized spacial score (nSPS) is 13.7. The Labute approximate surface area is 488 Å². The molecule has 1 amide bonds. The summed E-state index contributed by atoms with van der Waals surface area (Å²) >= 11 is 0. The molecule has 0 aliphatic rings. The summed E-state index contributed by atoms with van der Waals surface area (Å²) in [5.41, 5.74) is 0. The molecule has 0 bridgehead atoms. The van der Waals surface area contributed by atoms with Crippen molar-refractivity contribution in [2.75, 3.05) is 40.9 Å². The molecule has 9 heteroatoms. The quantitative estimate of drug-likeness (QED) is 0.0243. The number of unbranched alkanes of at least 4 members (excludes halogenated alkanes) is 51. The number of phosphoric acid groups is 1. The first-order valence-electron chi connectivity index (χ1n) is 35.1. The maximum absolute atomic E-state index is 13.0. The predicted octanol–water partition coefficient (Wildman–Crippen LogP) is 22.1. The molecule has 0 aromatic rings. The zero-order valence-electron chi connectivity index (χ0n) is 53.5. The molecule has 466 valence electrons. The molecule has 3 N–H and O–H groups in total. The van der Waals surface area contributed by atoms with Crippen LogP contribution in [0.2, 0.25) is 0 Å². The SMILES string of the molecule is CCCCCCCCCC/C=C\CCCCCCCCCCCCCCCCCCCCCCCCCCCCCCCC(=O)NC(COP(=O)(O)OCC[N+](C)(C)C)C(O)CCCCCCCCCCCCCCCCC. The van der Waals surface area contributed by atoms with Gasteiger partial charge in [0.15, 0.2) is 0 Å². The number of hydrogen-bond acceptors (Lipinski definition) is 5. The molecular formula is C69H140N2O6P+. The van der Waals surface area contributed by atoms with Crippen LogP contribution in [-0.4, -0.2) is 73.4 Å². The van der Waals surface area contributed by atoms with Crippen LogP contribution in [0, 0.1) is 0 Å². The van der Waals surface area contributed by atoms with Gasteiger partial charge in [-0.3, -0.25) is 13.8 Å². The number of carbonyl (C=O) groups is 1. The Balaban J connectivity index is 3.80. The number of allylic oxidation sites excluding steroid dienone is 2. The van der Waals surface area contributed by atoms with E-state index < -0.39 is 20.0 Å². The minimum atomic E-state index is -4.32. The van der Waals surface area contributed by atoms with Gasteiger partial charge in [0.2, 0.25) is 5.91 Å². The third kappa shape index (κ3) is 62.8. The molecule has 0 rings (SSSR count). The third-order valence-electron chi connectivity index (χ3n) is 16.5. The highest BCUT2D eigenvalue weighted by atomic mass is 31.2. The maximum Gasteiger partial charge on any atom is 0.472 e. The fourth-order valence-electron chi connectivity index (χ4n) is 11.0. The lowest BCUT2D eigenvalue weighted by atomic mass is 10.0. The Kier molecular flexibility index (Phi) is 60.2. The molecule has 0 aliphatic carbocycles. The van der Waals surface area contributed by atoms with Crippen molar-refractivity contribution in [1.29, 1.82) is 0 Å². The van der Waals surface area contributed by atoms with Gasteiger partial charge >= 0.3 is 7.82 Å². The minimum absolute atomic E-state index is 0.0785. The number of aliphatic hydroxyl groups excluding tert-OH is 1. The summed E-state index contributed by atoms with van der Waals surface area (Å²) in [6.45, 7) is 4.94. The van der Waals surface area contributed by atoms with Gasteiger partial charge in [-0.25, -0.2) is 4.57 Å². The summed E-state index contributed by atoms with van der Waals surface area (Å²) in [6.07, 6.45) is 77.7. The van der Waals surface area contributed by atoms with Crippen LogP contribution < -0.4 is 5.32 Å². The Bertz CT molecular complexity index is 1280. The molecule has 3 unspecified atom stereocenters. The van der Waals surface area contributed by atoms with Crippen molar-refractivity contribution in [2.24, 2.45) is 0 Å². The summed E-state index contributed by atoms with van der Waals surface area (Å²) < 4.78 is 23.8. The Hall–Kier alpha value is -0.760. The van der Waals surface area contributed by atoms with Crippen LogP contribution in [0.5, 0.6) is 0 Å². The van der Waals surface area contributed by atoms with Crippen molar-refractivity contribution in [3.05, 3.63) is 12.2 Å². The second-order valence-corrected chi connectivity index (χ2v) is 27.1. The highest BCUT2D eigenvalue weighted by molar-refractivity contribution is 7.47. The van der Waals surface area contributed by atoms with E-state index in [1.165, 1.54) is 308 Å². The van der Waals surface area contributed by atoms with Gasteiger partial charge in [-0.15, -0.1) is 0 Å². The zero-order valence-corrected chi connectivity index (χ0v) is 54.3. The molecule has 0 spiro atoms. The van der Waals surface area contributed by atoms with E-state index in [1.54, 1.807) is 0 Å². The molecule has 0 aliphatic heterocycles. The van der Waals surface area contributed by atoms with Crippen molar-refractivity contribution in [3.63, 3.8) is 0 Å². The molecule has 0 aromatic heterocycles. The van der Waals surface area contributed by atoms with Gasteiger partial charge < -0.3 is 19.8 Å². The Morgan fingerprint density at radius 2 is 0.692 bits per heavy atom. The fourth-order valence-corrected chi connectivity index (χ4v) is 11.8. The molecule has 0 heterocycles. The lowest BCUT2D eigenvalue weighted by Crippen LogP contribution is -2.46. The lowest BCUT2D eigenvalue weighted by Gasteiger charge is -2.26. The van der Waals surface area contributed by atoms with Crippen LogP contribution in [0.1, 0.15) is 373 Å². The average Bonchev–Trinajstić information content (AvgIpc) is 3.41. The number of phosphoric ester groups is 1. The number of amides is 1. The van der Waals surface area contributed by atoms with E-state index in [0.717, 1.165) is 38.5 Å². The van der Waals surface area contributed by atoms with E-state index >= 15 is 0 Å². The number of likely N-dealkylation sites (N-methyl/N-ethyl adjacent to an activating group) is 1. The number of aliphatic hydroxyl groups is 1. The molecule has 0 aromatic carbocycles. The molecule has 0 saturated carbocycles. The second kappa shape index (κ2) is 60.8. The van der Waals surface area contributed by atoms with Gasteiger partial charge in [0, 0.05) is 6.42 Å². The van der Waals surface area contributed by atoms with Crippen molar-refractivity contribution in [1.82, 2.24) is 5.32 Å². The van der Waals surface area contributed by atoms with E-state index in [9.17, 15) is 19.4 Å². The van der Waals surface area contributed by atoms with Gasteiger partial charge in [0.05, 0.1) is 39.9 Å². The number of hydrogen-bond donors (Lipinski definition) is 3. The molecule has 0 fully saturated rings. The van der Waals surface area contributed by atoms with Crippen molar-refractivity contribution in [3.8, 4) is 0 Å². The van der Waals surface area contributed by atoms with Gasteiger partial charge in [-0.2, -0.15) is 0 Å². The minimum Gasteiger partial charge on any atom is -0.391 e. The van der Waals surface area contributed by atoms with Gasteiger partial charge in [0.1, 0.15) is 13.2 Å². The van der Waals surface area contributed by atoms with Crippen molar-refractivity contribution < 1.29 is 32.9 Å². The van der Waals surface area contributed by atoms with E-state index in [-0.39, 0.29) is 19.1 Å².